The lowest BCUT2D eigenvalue weighted by Crippen LogP contribution is -2.12. The maximum absolute atomic E-state index is 11.1. The first-order valence-electron chi connectivity index (χ1n) is 5.43. The molecule has 20 heavy (non-hydrogen) atoms. The first kappa shape index (κ1) is 14.0. The van der Waals surface area contributed by atoms with Gasteiger partial charge in [-0.1, -0.05) is 0 Å². The van der Waals surface area contributed by atoms with Gasteiger partial charge in [0.05, 0.1) is 6.20 Å². The second kappa shape index (κ2) is 5.27. The summed E-state index contributed by atoms with van der Waals surface area (Å²) < 4.78 is 27.5. The molecule has 1 amide bonds. The van der Waals surface area contributed by atoms with E-state index in [1.807, 2.05) is 0 Å². The fourth-order valence-corrected chi connectivity index (χ4v) is 1.86. The molecule has 0 atom stereocenters. The Hall–Kier alpha value is -2.45. The van der Waals surface area contributed by atoms with Crippen molar-refractivity contribution in [1.29, 1.82) is 0 Å². The average molecular weight is 293 g/mol. The molecule has 1 aromatic carbocycles. The third-order valence-electron chi connectivity index (χ3n) is 2.40. The number of rotatable bonds is 4. The maximum atomic E-state index is 11.1. The van der Waals surface area contributed by atoms with Gasteiger partial charge in [0.1, 0.15) is 10.6 Å². The van der Waals surface area contributed by atoms with Gasteiger partial charge in [-0.15, -0.1) is 0 Å². The first-order chi connectivity index (χ1) is 9.36. The van der Waals surface area contributed by atoms with E-state index in [2.05, 4.69) is 4.98 Å². The molecule has 0 saturated heterocycles. The van der Waals surface area contributed by atoms with Gasteiger partial charge >= 0.3 is 0 Å². The molecule has 2 rings (SSSR count). The third-order valence-corrected chi connectivity index (χ3v) is 3.30. The summed E-state index contributed by atoms with van der Waals surface area (Å²) in [6, 6.07) is 8.79. The minimum Gasteiger partial charge on any atom is -0.439 e. The molecule has 7 nitrogen and oxygen atoms in total. The van der Waals surface area contributed by atoms with Crippen LogP contribution in [-0.2, 0) is 10.0 Å². The van der Waals surface area contributed by atoms with Crippen LogP contribution in [0.4, 0.5) is 0 Å². The molecule has 0 spiro atoms. The summed E-state index contributed by atoms with van der Waals surface area (Å²) in [4.78, 5) is 14.6. The summed E-state index contributed by atoms with van der Waals surface area (Å²) in [5.74, 6) is 0.0993. The van der Waals surface area contributed by atoms with Crippen LogP contribution in [0.1, 0.15) is 10.4 Å². The van der Waals surface area contributed by atoms with E-state index in [0.29, 0.717) is 11.3 Å². The summed E-state index contributed by atoms with van der Waals surface area (Å²) in [7, 11) is -3.78. The summed E-state index contributed by atoms with van der Waals surface area (Å²) >= 11 is 0. The summed E-state index contributed by atoms with van der Waals surface area (Å²) in [5.41, 5.74) is 5.47. The van der Waals surface area contributed by atoms with Crippen molar-refractivity contribution in [3.05, 3.63) is 48.2 Å². The second-order valence-electron chi connectivity index (χ2n) is 3.87. The van der Waals surface area contributed by atoms with Crippen LogP contribution in [0.25, 0.3) is 0 Å². The van der Waals surface area contributed by atoms with E-state index in [0.717, 1.165) is 6.20 Å². The molecule has 0 unspecified atom stereocenters. The van der Waals surface area contributed by atoms with E-state index in [-0.39, 0.29) is 10.8 Å². The number of pyridine rings is 1. The molecule has 0 saturated carbocycles. The Bertz CT molecular complexity index is 724. The smallest absolute Gasteiger partial charge is 0.248 e. The van der Waals surface area contributed by atoms with Crippen molar-refractivity contribution in [2.75, 3.05) is 0 Å². The highest BCUT2D eigenvalue weighted by molar-refractivity contribution is 7.89. The molecule has 0 radical (unpaired) electrons. The van der Waals surface area contributed by atoms with E-state index < -0.39 is 15.9 Å². The van der Waals surface area contributed by atoms with E-state index in [1.165, 1.54) is 24.3 Å². The largest absolute Gasteiger partial charge is 0.439 e. The number of sulfonamides is 1. The zero-order valence-corrected chi connectivity index (χ0v) is 11.0. The van der Waals surface area contributed by atoms with Gasteiger partial charge in [0, 0.05) is 11.6 Å². The number of benzene rings is 1. The van der Waals surface area contributed by atoms with Crippen molar-refractivity contribution in [1.82, 2.24) is 4.98 Å². The third kappa shape index (κ3) is 3.31. The number of carbonyl (C=O) groups is 1. The van der Waals surface area contributed by atoms with Crippen molar-refractivity contribution >= 4 is 15.9 Å². The van der Waals surface area contributed by atoms with Gasteiger partial charge in [-0.05, 0) is 30.3 Å². The summed E-state index contributed by atoms with van der Waals surface area (Å²) in [6.07, 6.45) is 1.10. The number of primary sulfonamides is 1. The summed E-state index contributed by atoms with van der Waals surface area (Å²) in [5, 5.41) is 4.95. The topological polar surface area (TPSA) is 125 Å². The number of nitrogens with two attached hydrogens (primary N) is 2. The van der Waals surface area contributed by atoms with E-state index in [4.69, 9.17) is 15.6 Å². The number of aromatic nitrogens is 1. The Balaban J connectivity index is 2.16. The molecular weight excluding hydrogens is 282 g/mol. The van der Waals surface area contributed by atoms with Crippen LogP contribution in [0.3, 0.4) is 0 Å². The zero-order valence-electron chi connectivity index (χ0n) is 10.2. The minimum absolute atomic E-state index is 0.103. The average Bonchev–Trinajstić information content (AvgIpc) is 2.39. The number of ether oxygens (including phenoxy) is 1. The van der Waals surface area contributed by atoms with Crippen molar-refractivity contribution in [3.8, 4) is 11.6 Å². The van der Waals surface area contributed by atoms with Gasteiger partial charge in [0.25, 0.3) is 0 Å². The first-order valence-corrected chi connectivity index (χ1v) is 6.97. The fourth-order valence-electron chi connectivity index (χ4n) is 1.40. The van der Waals surface area contributed by atoms with Crippen LogP contribution in [0.2, 0.25) is 0 Å². The number of primary amides is 1. The van der Waals surface area contributed by atoms with Gasteiger partial charge in [0.15, 0.2) is 0 Å². The van der Waals surface area contributed by atoms with E-state index >= 15 is 0 Å². The molecule has 0 bridgehead atoms. The monoisotopic (exact) mass is 293 g/mol. The Labute approximate surface area is 115 Å². The van der Waals surface area contributed by atoms with E-state index in [1.54, 1.807) is 12.1 Å². The Morgan fingerprint density at radius 1 is 1.10 bits per heavy atom. The molecule has 0 aliphatic carbocycles. The lowest BCUT2D eigenvalue weighted by molar-refractivity contribution is 0.100. The molecule has 8 heteroatoms. The molecule has 2 aromatic rings. The SMILES string of the molecule is NC(=O)c1ccc(Oc2ccc(S(N)(=O)=O)cn2)cc1. The number of hydrogen-bond acceptors (Lipinski definition) is 5. The van der Waals surface area contributed by atoms with Gasteiger partial charge in [0.2, 0.25) is 21.8 Å². The fraction of sp³-hybridized carbons (Fsp3) is 0. The van der Waals surface area contributed by atoms with Crippen LogP contribution in [-0.4, -0.2) is 19.3 Å². The van der Waals surface area contributed by atoms with Crippen LogP contribution in [0.5, 0.6) is 11.6 Å². The quantitative estimate of drug-likeness (QED) is 0.854. The van der Waals surface area contributed by atoms with Crippen LogP contribution in [0, 0.1) is 0 Å². The second-order valence-corrected chi connectivity index (χ2v) is 5.43. The Kier molecular flexibility index (Phi) is 3.68. The Morgan fingerprint density at radius 2 is 1.75 bits per heavy atom. The van der Waals surface area contributed by atoms with Crippen LogP contribution in [0.15, 0.2) is 47.5 Å². The summed E-state index contributed by atoms with van der Waals surface area (Å²) in [6.45, 7) is 0. The van der Waals surface area contributed by atoms with Crippen molar-refractivity contribution in [3.63, 3.8) is 0 Å². The number of nitrogens with zero attached hydrogens (tertiary/aromatic N) is 1. The highest BCUT2D eigenvalue weighted by atomic mass is 32.2. The predicted molar refractivity (Wildman–Crippen MR) is 70.6 cm³/mol. The van der Waals surface area contributed by atoms with E-state index in [9.17, 15) is 13.2 Å². The standard InChI is InChI=1S/C12H11N3O4S/c13-12(16)8-1-3-9(4-2-8)19-11-6-5-10(7-15-11)20(14,17)18/h1-7H,(H2,13,16)(H2,14,17,18). The molecule has 0 fully saturated rings. The van der Waals surface area contributed by atoms with Crippen molar-refractivity contribution in [2.24, 2.45) is 10.9 Å². The van der Waals surface area contributed by atoms with Gasteiger partial charge in [-0.2, -0.15) is 0 Å². The van der Waals surface area contributed by atoms with Crippen LogP contribution < -0.4 is 15.6 Å². The molecule has 0 aliphatic rings. The van der Waals surface area contributed by atoms with Gasteiger partial charge in [-0.3, -0.25) is 4.79 Å². The molecule has 1 heterocycles. The Morgan fingerprint density at radius 3 is 2.20 bits per heavy atom. The zero-order chi connectivity index (χ0) is 14.8. The van der Waals surface area contributed by atoms with Gasteiger partial charge in [-0.25, -0.2) is 18.5 Å². The normalized spacial score (nSPS) is 11.1. The number of amides is 1. The highest BCUT2D eigenvalue weighted by Crippen LogP contribution is 2.20. The predicted octanol–water partition coefficient (Wildman–Crippen LogP) is 0.620. The molecule has 104 valence electrons. The van der Waals surface area contributed by atoms with Crippen LogP contribution >= 0.6 is 0 Å². The van der Waals surface area contributed by atoms with Crippen molar-refractivity contribution < 1.29 is 17.9 Å². The molecular formula is C12H11N3O4S. The minimum atomic E-state index is -3.78. The van der Waals surface area contributed by atoms with Gasteiger partial charge < -0.3 is 10.5 Å². The lowest BCUT2D eigenvalue weighted by Gasteiger charge is -2.05. The number of hydrogen-bond donors (Lipinski definition) is 2. The van der Waals surface area contributed by atoms with Crippen molar-refractivity contribution in [2.45, 2.75) is 4.90 Å². The number of carbonyl (C=O) groups excluding carboxylic acids is 1. The maximum Gasteiger partial charge on any atom is 0.248 e. The molecule has 1 aromatic heterocycles. The highest BCUT2D eigenvalue weighted by Gasteiger charge is 2.08. The lowest BCUT2D eigenvalue weighted by atomic mass is 10.2. The molecule has 0 aliphatic heterocycles. The molecule has 4 N–H and O–H groups in total.